The Morgan fingerprint density at radius 2 is 2.19 bits per heavy atom. The Morgan fingerprint density at radius 3 is 2.81 bits per heavy atom. The molecule has 0 bridgehead atoms. The van der Waals surface area contributed by atoms with E-state index < -0.39 is 0 Å². The molecule has 3 nitrogen and oxygen atoms in total. The largest absolute Gasteiger partial charge is 0.497 e. The zero-order valence-corrected chi connectivity index (χ0v) is 10.3. The minimum atomic E-state index is 0.301. The number of hydrogen-bond donors (Lipinski definition) is 2. The van der Waals surface area contributed by atoms with Gasteiger partial charge in [-0.1, -0.05) is 6.42 Å². The van der Waals surface area contributed by atoms with Gasteiger partial charge < -0.3 is 16.2 Å². The average Bonchev–Trinajstić information content (AvgIpc) is 2.68. The van der Waals surface area contributed by atoms with E-state index >= 15 is 0 Å². The Morgan fingerprint density at radius 1 is 1.38 bits per heavy atom. The Bertz CT molecular complexity index is 370. The molecule has 1 aliphatic carbocycles. The van der Waals surface area contributed by atoms with Crippen molar-refractivity contribution >= 4 is 17.4 Å². The van der Waals surface area contributed by atoms with Crippen LogP contribution in [0.5, 0.6) is 5.75 Å². The van der Waals surface area contributed by atoms with Crippen LogP contribution in [0.3, 0.4) is 0 Å². The third-order valence-electron chi connectivity index (χ3n) is 3.00. The van der Waals surface area contributed by atoms with Crippen LogP contribution in [-0.4, -0.2) is 18.4 Å². The molecule has 0 heterocycles. The molecule has 4 heteroatoms. The maximum absolute atomic E-state index is 6.05. The van der Waals surface area contributed by atoms with Gasteiger partial charge in [-0.3, -0.25) is 0 Å². The van der Waals surface area contributed by atoms with Gasteiger partial charge >= 0.3 is 0 Å². The molecule has 1 aromatic rings. The standard InChI is InChI=1S/C12H18N2OS/c1-15-8-5-6-10(14)12(7-8)16-11-4-2-3-9(11)13/h5-7,9,11H,2-4,13-14H2,1H3. The number of rotatable bonds is 3. The van der Waals surface area contributed by atoms with Crippen molar-refractivity contribution in [1.82, 2.24) is 0 Å². The van der Waals surface area contributed by atoms with Gasteiger partial charge in [-0.05, 0) is 31.0 Å². The second-order valence-electron chi connectivity index (χ2n) is 4.15. The Kier molecular flexibility index (Phi) is 3.61. The molecule has 88 valence electrons. The first kappa shape index (κ1) is 11.6. The maximum Gasteiger partial charge on any atom is 0.120 e. The lowest BCUT2D eigenvalue weighted by molar-refractivity contribution is 0.414. The van der Waals surface area contributed by atoms with Crippen LogP contribution < -0.4 is 16.2 Å². The van der Waals surface area contributed by atoms with Crippen molar-refractivity contribution in [3.63, 3.8) is 0 Å². The Balaban J connectivity index is 2.13. The number of thioether (sulfide) groups is 1. The first-order valence-electron chi connectivity index (χ1n) is 5.56. The van der Waals surface area contributed by atoms with E-state index in [9.17, 15) is 0 Å². The third-order valence-corrected chi connectivity index (χ3v) is 4.50. The first-order valence-corrected chi connectivity index (χ1v) is 6.44. The summed E-state index contributed by atoms with van der Waals surface area (Å²) in [6, 6.07) is 6.07. The fourth-order valence-electron chi connectivity index (χ4n) is 2.01. The molecule has 16 heavy (non-hydrogen) atoms. The van der Waals surface area contributed by atoms with E-state index in [1.165, 1.54) is 12.8 Å². The number of hydrogen-bond acceptors (Lipinski definition) is 4. The van der Waals surface area contributed by atoms with E-state index in [4.69, 9.17) is 16.2 Å². The molecule has 1 aliphatic rings. The van der Waals surface area contributed by atoms with Gasteiger partial charge in [-0.2, -0.15) is 0 Å². The van der Waals surface area contributed by atoms with E-state index in [0.717, 1.165) is 22.8 Å². The zero-order chi connectivity index (χ0) is 11.5. The van der Waals surface area contributed by atoms with E-state index in [0.29, 0.717) is 11.3 Å². The summed E-state index contributed by atoms with van der Waals surface area (Å²) >= 11 is 1.79. The number of anilines is 1. The monoisotopic (exact) mass is 238 g/mol. The molecule has 2 rings (SSSR count). The van der Waals surface area contributed by atoms with Gasteiger partial charge in [0.2, 0.25) is 0 Å². The predicted octanol–water partition coefficient (Wildman–Crippen LogP) is 2.25. The highest BCUT2D eigenvalue weighted by Crippen LogP contribution is 2.38. The van der Waals surface area contributed by atoms with Crippen molar-refractivity contribution in [3.8, 4) is 5.75 Å². The fourth-order valence-corrected chi connectivity index (χ4v) is 3.32. The highest BCUT2D eigenvalue weighted by Gasteiger charge is 2.25. The summed E-state index contributed by atoms with van der Waals surface area (Å²) in [5, 5.41) is 0.495. The van der Waals surface area contributed by atoms with Gasteiger partial charge in [0, 0.05) is 21.9 Å². The highest BCUT2D eigenvalue weighted by atomic mass is 32.2. The van der Waals surface area contributed by atoms with Gasteiger partial charge in [0.1, 0.15) is 5.75 Å². The van der Waals surface area contributed by atoms with Crippen molar-refractivity contribution in [2.45, 2.75) is 35.4 Å². The molecule has 0 spiro atoms. The van der Waals surface area contributed by atoms with Crippen LogP contribution in [0.1, 0.15) is 19.3 Å². The van der Waals surface area contributed by atoms with Crippen molar-refractivity contribution in [3.05, 3.63) is 18.2 Å². The van der Waals surface area contributed by atoms with E-state index in [1.807, 2.05) is 18.2 Å². The predicted molar refractivity (Wildman–Crippen MR) is 68.9 cm³/mol. The topological polar surface area (TPSA) is 61.3 Å². The smallest absolute Gasteiger partial charge is 0.120 e. The van der Waals surface area contributed by atoms with Gasteiger partial charge in [-0.15, -0.1) is 11.8 Å². The molecule has 0 saturated heterocycles. The third kappa shape index (κ3) is 2.44. The van der Waals surface area contributed by atoms with Crippen LogP contribution in [0.15, 0.2) is 23.1 Å². The molecule has 1 aromatic carbocycles. The zero-order valence-electron chi connectivity index (χ0n) is 9.48. The van der Waals surface area contributed by atoms with E-state index in [1.54, 1.807) is 18.9 Å². The molecule has 4 N–H and O–H groups in total. The molecule has 1 saturated carbocycles. The van der Waals surface area contributed by atoms with Crippen LogP contribution in [0.25, 0.3) is 0 Å². The molecule has 2 atom stereocenters. The second kappa shape index (κ2) is 4.97. The van der Waals surface area contributed by atoms with Crippen LogP contribution in [-0.2, 0) is 0 Å². The van der Waals surface area contributed by atoms with Crippen molar-refractivity contribution in [1.29, 1.82) is 0 Å². The van der Waals surface area contributed by atoms with E-state index in [2.05, 4.69) is 0 Å². The molecule has 0 amide bonds. The van der Waals surface area contributed by atoms with Crippen molar-refractivity contribution in [2.75, 3.05) is 12.8 Å². The van der Waals surface area contributed by atoms with Crippen molar-refractivity contribution in [2.24, 2.45) is 5.73 Å². The fraction of sp³-hybridized carbons (Fsp3) is 0.500. The summed E-state index contributed by atoms with van der Waals surface area (Å²) in [7, 11) is 1.67. The van der Waals surface area contributed by atoms with Gasteiger partial charge in [-0.25, -0.2) is 0 Å². The SMILES string of the molecule is COc1ccc(N)c(SC2CCCC2N)c1. The quantitative estimate of drug-likeness (QED) is 0.793. The maximum atomic E-state index is 6.05. The molecule has 0 radical (unpaired) electrons. The first-order chi connectivity index (χ1) is 7.70. The molecule has 1 fully saturated rings. The Labute approximate surface area is 101 Å². The van der Waals surface area contributed by atoms with Gasteiger partial charge in [0.25, 0.3) is 0 Å². The molecular weight excluding hydrogens is 220 g/mol. The van der Waals surface area contributed by atoms with Crippen molar-refractivity contribution < 1.29 is 4.74 Å². The molecular formula is C12H18N2OS. The molecule has 2 unspecified atom stereocenters. The van der Waals surface area contributed by atoms with Crippen LogP contribution in [0.4, 0.5) is 5.69 Å². The molecule has 0 aromatic heterocycles. The summed E-state index contributed by atoms with van der Waals surface area (Å²) in [5.41, 5.74) is 12.8. The summed E-state index contributed by atoms with van der Waals surface area (Å²) in [6.07, 6.45) is 3.53. The minimum Gasteiger partial charge on any atom is -0.497 e. The van der Waals surface area contributed by atoms with Gasteiger partial charge in [0.15, 0.2) is 0 Å². The van der Waals surface area contributed by atoms with Crippen LogP contribution in [0, 0.1) is 0 Å². The van der Waals surface area contributed by atoms with Gasteiger partial charge in [0.05, 0.1) is 7.11 Å². The molecule has 0 aliphatic heterocycles. The van der Waals surface area contributed by atoms with E-state index in [-0.39, 0.29) is 0 Å². The van der Waals surface area contributed by atoms with Crippen LogP contribution in [0.2, 0.25) is 0 Å². The number of nitrogen functional groups attached to an aromatic ring is 1. The number of methoxy groups -OCH3 is 1. The number of nitrogens with two attached hydrogens (primary N) is 2. The normalized spacial score (nSPS) is 24.6. The lowest BCUT2D eigenvalue weighted by Gasteiger charge is -2.16. The van der Waals surface area contributed by atoms with Crippen LogP contribution >= 0.6 is 11.8 Å². The summed E-state index contributed by atoms with van der Waals surface area (Å²) in [6.45, 7) is 0. The number of benzene rings is 1. The number of ether oxygens (including phenoxy) is 1. The lowest BCUT2D eigenvalue weighted by Crippen LogP contribution is -2.26. The lowest BCUT2D eigenvalue weighted by atomic mass is 10.3. The summed E-state index contributed by atoms with van der Waals surface area (Å²) < 4.78 is 5.20. The highest BCUT2D eigenvalue weighted by molar-refractivity contribution is 8.00. The minimum absolute atomic E-state index is 0.301. The second-order valence-corrected chi connectivity index (χ2v) is 5.44. The Hall–Kier alpha value is -0.870. The summed E-state index contributed by atoms with van der Waals surface area (Å²) in [5.74, 6) is 0.850. The summed E-state index contributed by atoms with van der Waals surface area (Å²) in [4.78, 5) is 1.08. The average molecular weight is 238 g/mol.